The molecule has 1 fully saturated rings. The molecule has 0 saturated carbocycles. The van der Waals surface area contributed by atoms with Gasteiger partial charge in [-0.3, -0.25) is 14.8 Å². The quantitative estimate of drug-likeness (QED) is 0.675. The van der Waals surface area contributed by atoms with Gasteiger partial charge in [-0.2, -0.15) is 0 Å². The SMILES string of the molecule is Cc1cccc(Cc2ccc(N3CC(C(=O)NCCc4cnccn4)C3)nc2)c1. The lowest BCUT2D eigenvalue weighted by atomic mass is 9.99. The molecule has 3 heterocycles. The summed E-state index contributed by atoms with van der Waals surface area (Å²) in [5.74, 6) is 1.05. The predicted molar refractivity (Wildman–Crippen MR) is 113 cm³/mol. The van der Waals surface area contributed by atoms with Crippen LogP contribution in [0.4, 0.5) is 5.82 Å². The summed E-state index contributed by atoms with van der Waals surface area (Å²) in [5, 5.41) is 2.99. The second-order valence-corrected chi connectivity index (χ2v) is 7.53. The van der Waals surface area contributed by atoms with Gasteiger partial charge in [-0.15, -0.1) is 0 Å². The van der Waals surface area contributed by atoms with Gasteiger partial charge in [-0.1, -0.05) is 35.9 Å². The molecule has 1 aliphatic heterocycles. The first-order valence-corrected chi connectivity index (χ1v) is 9.95. The molecule has 1 saturated heterocycles. The molecular weight excluding hydrogens is 362 g/mol. The average Bonchev–Trinajstić information content (AvgIpc) is 2.69. The van der Waals surface area contributed by atoms with Crippen molar-refractivity contribution in [3.05, 3.63) is 83.6 Å². The van der Waals surface area contributed by atoms with Crippen LogP contribution in [0.15, 0.2) is 61.2 Å². The lowest BCUT2D eigenvalue weighted by molar-refractivity contribution is -0.125. The van der Waals surface area contributed by atoms with Gasteiger partial charge in [0, 0.05) is 50.8 Å². The Balaban J connectivity index is 1.22. The second-order valence-electron chi connectivity index (χ2n) is 7.53. The molecule has 1 amide bonds. The third kappa shape index (κ3) is 4.96. The van der Waals surface area contributed by atoms with E-state index >= 15 is 0 Å². The number of aromatic nitrogens is 3. The fourth-order valence-electron chi connectivity index (χ4n) is 3.51. The summed E-state index contributed by atoms with van der Waals surface area (Å²) in [4.78, 5) is 27.3. The number of carbonyl (C=O) groups excluding carboxylic acids is 1. The number of hydrogen-bond donors (Lipinski definition) is 1. The largest absolute Gasteiger partial charge is 0.355 e. The Morgan fingerprint density at radius 2 is 2.00 bits per heavy atom. The van der Waals surface area contributed by atoms with E-state index < -0.39 is 0 Å². The molecule has 4 rings (SSSR count). The lowest BCUT2D eigenvalue weighted by Crippen LogP contribution is -2.54. The van der Waals surface area contributed by atoms with Crippen molar-refractivity contribution in [2.45, 2.75) is 19.8 Å². The zero-order valence-electron chi connectivity index (χ0n) is 16.6. The lowest BCUT2D eigenvalue weighted by Gasteiger charge is -2.39. The maximum absolute atomic E-state index is 12.3. The number of anilines is 1. The van der Waals surface area contributed by atoms with Crippen molar-refractivity contribution >= 4 is 11.7 Å². The number of benzene rings is 1. The molecule has 0 radical (unpaired) electrons. The number of nitrogens with zero attached hydrogens (tertiary/aromatic N) is 4. The summed E-state index contributed by atoms with van der Waals surface area (Å²) in [6.07, 6.45) is 8.55. The summed E-state index contributed by atoms with van der Waals surface area (Å²) in [5.41, 5.74) is 4.64. The van der Waals surface area contributed by atoms with Gasteiger partial charge in [-0.05, 0) is 30.5 Å². The first-order valence-electron chi connectivity index (χ1n) is 9.95. The Kier molecular flexibility index (Phi) is 5.79. The third-order valence-corrected chi connectivity index (χ3v) is 5.17. The standard InChI is InChI=1S/C23H25N5O/c1-17-3-2-4-18(11-17)12-19-5-6-22(27-13-19)28-15-20(16-28)23(29)26-8-7-21-14-24-9-10-25-21/h2-6,9-11,13-14,20H,7-8,12,15-16H2,1H3,(H,26,29). The van der Waals surface area contributed by atoms with Crippen LogP contribution in [-0.4, -0.2) is 40.5 Å². The van der Waals surface area contributed by atoms with Crippen molar-refractivity contribution in [3.8, 4) is 0 Å². The molecule has 148 valence electrons. The molecule has 2 aromatic heterocycles. The number of carbonyl (C=O) groups is 1. The van der Waals surface area contributed by atoms with Crippen molar-refractivity contribution in [3.63, 3.8) is 0 Å². The Morgan fingerprint density at radius 1 is 1.10 bits per heavy atom. The zero-order valence-corrected chi connectivity index (χ0v) is 16.6. The normalized spacial score (nSPS) is 13.8. The number of aryl methyl sites for hydroxylation is 1. The Hall–Kier alpha value is -3.28. The summed E-state index contributed by atoms with van der Waals surface area (Å²) < 4.78 is 0. The molecule has 1 aliphatic rings. The molecule has 0 unspecified atom stereocenters. The number of amides is 1. The number of pyridine rings is 1. The van der Waals surface area contributed by atoms with Gasteiger partial charge < -0.3 is 10.2 Å². The summed E-state index contributed by atoms with van der Waals surface area (Å²) in [6.45, 7) is 4.11. The van der Waals surface area contributed by atoms with Crippen LogP contribution in [-0.2, 0) is 17.6 Å². The van der Waals surface area contributed by atoms with Crippen molar-refractivity contribution in [1.82, 2.24) is 20.3 Å². The summed E-state index contributed by atoms with van der Waals surface area (Å²) in [6, 6.07) is 12.7. The molecule has 0 bridgehead atoms. The second kappa shape index (κ2) is 8.82. The van der Waals surface area contributed by atoms with E-state index in [9.17, 15) is 4.79 Å². The molecular formula is C23H25N5O. The topological polar surface area (TPSA) is 71.0 Å². The van der Waals surface area contributed by atoms with E-state index in [2.05, 4.69) is 62.4 Å². The smallest absolute Gasteiger partial charge is 0.226 e. The summed E-state index contributed by atoms with van der Waals surface area (Å²) >= 11 is 0. The molecule has 0 aliphatic carbocycles. The Labute approximate surface area is 171 Å². The van der Waals surface area contributed by atoms with Crippen molar-refractivity contribution in [2.75, 3.05) is 24.5 Å². The van der Waals surface area contributed by atoms with Gasteiger partial charge in [0.25, 0.3) is 0 Å². The van der Waals surface area contributed by atoms with E-state index in [0.29, 0.717) is 26.1 Å². The average molecular weight is 387 g/mol. The fraction of sp³-hybridized carbons (Fsp3) is 0.304. The van der Waals surface area contributed by atoms with E-state index in [1.807, 2.05) is 12.3 Å². The minimum Gasteiger partial charge on any atom is -0.355 e. The van der Waals surface area contributed by atoms with Gasteiger partial charge in [0.15, 0.2) is 0 Å². The molecule has 6 nitrogen and oxygen atoms in total. The van der Waals surface area contributed by atoms with E-state index in [-0.39, 0.29) is 11.8 Å². The minimum absolute atomic E-state index is 0.0191. The van der Waals surface area contributed by atoms with Crippen LogP contribution in [0.3, 0.4) is 0 Å². The molecule has 6 heteroatoms. The Bertz CT molecular complexity index is 953. The first kappa shape index (κ1) is 19.1. The van der Waals surface area contributed by atoms with Crippen LogP contribution >= 0.6 is 0 Å². The highest BCUT2D eigenvalue weighted by Crippen LogP contribution is 2.23. The predicted octanol–water partition coefficient (Wildman–Crippen LogP) is 2.57. The number of rotatable bonds is 7. The molecule has 0 atom stereocenters. The molecule has 3 aromatic rings. The van der Waals surface area contributed by atoms with Crippen LogP contribution in [0.1, 0.15) is 22.4 Å². The van der Waals surface area contributed by atoms with E-state index in [1.165, 1.54) is 16.7 Å². The molecule has 1 aromatic carbocycles. The van der Waals surface area contributed by atoms with Crippen LogP contribution in [0.25, 0.3) is 0 Å². The minimum atomic E-state index is 0.0191. The van der Waals surface area contributed by atoms with Crippen LogP contribution < -0.4 is 10.2 Å². The molecule has 0 spiro atoms. The molecule has 29 heavy (non-hydrogen) atoms. The van der Waals surface area contributed by atoms with Crippen LogP contribution in [0.5, 0.6) is 0 Å². The van der Waals surface area contributed by atoms with Gasteiger partial charge in [0.05, 0.1) is 11.6 Å². The maximum atomic E-state index is 12.3. The maximum Gasteiger partial charge on any atom is 0.226 e. The van der Waals surface area contributed by atoms with Crippen molar-refractivity contribution < 1.29 is 4.79 Å². The number of nitrogens with one attached hydrogen (secondary N) is 1. The van der Waals surface area contributed by atoms with Crippen molar-refractivity contribution in [1.29, 1.82) is 0 Å². The summed E-state index contributed by atoms with van der Waals surface area (Å²) in [7, 11) is 0. The van der Waals surface area contributed by atoms with Crippen LogP contribution in [0, 0.1) is 12.8 Å². The zero-order chi connectivity index (χ0) is 20.1. The van der Waals surface area contributed by atoms with Gasteiger partial charge in [0.1, 0.15) is 5.82 Å². The fourth-order valence-corrected chi connectivity index (χ4v) is 3.51. The highest BCUT2D eigenvalue weighted by molar-refractivity contribution is 5.81. The van der Waals surface area contributed by atoms with Gasteiger partial charge in [-0.25, -0.2) is 4.98 Å². The number of hydrogen-bond acceptors (Lipinski definition) is 5. The van der Waals surface area contributed by atoms with E-state index in [1.54, 1.807) is 18.6 Å². The first-order chi connectivity index (χ1) is 14.2. The van der Waals surface area contributed by atoms with E-state index in [4.69, 9.17) is 0 Å². The van der Waals surface area contributed by atoms with E-state index in [0.717, 1.165) is 17.9 Å². The Morgan fingerprint density at radius 3 is 2.72 bits per heavy atom. The third-order valence-electron chi connectivity index (χ3n) is 5.17. The molecule has 1 N–H and O–H groups in total. The van der Waals surface area contributed by atoms with Gasteiger partial charge in [0.2, 0.25) is 5.91 Å². The van der Waals surface area contributed by atoms with Crippen LogP contribution in [0.2, 0.25) is 0 Å². The van der Waals surface area contributed by atoms with Gasteiger partial charge >= 0.3 is 0 Å². The monoisotopic (exact) mass is 387 g/mol. The highest BCUT2D eigenvalue weighted by atomic mass is 16.2. The van der Waals surface area contributed by atoms with Crippen molar-refractivity contribution in [2.24, 2.45) is 5.92 Å². The highest BCUT2D eigenvalue weighted by Gasteiger charge is 2.33.